The minimum Gasteiger partial charge on any atom is -0.779 e. The van der Waals surface area contributed by atoms with Crippen molar-refractivity contribution in [3.8, 4) is 0 Å². The van der Waals surface area contributed by atoms with Crippen LogP contribution in [0, 0.1) is 6.92 Å². The van der Waals surface area contributed by atoms with Gasteiger partial charge in [-0.25, -0.2) is 0 Å². The molecule has 2 aliphatic heterocycles. The number of carbonyl (C=O) groups excluding carboxylic acids is 1. The number of nitrogens with one attached hydrogen (secondary N) is 1. The summed E-state index contributed by atoms with van der Waals surface area (Å²) in [6.07, 6.45) is 0.319. The maximum absolute atomic E-state index is 13.0. The van der Waals surface area contributed by atoms with Crippen molar-refractivity contribution in [2.45, 2.75) is 44.4 Å². The number of aryl methyl sites for hydroxylation is 1. The molecule has 0 radical (unpaired) electrons. The van der Waals surface area contributed by atoms with E-state index < -0.39 is 37.5 Å². The number of Topliss-reactive ketones (excluding diaryl/α,β-unsaturated/α-hetero) is 1. The topological polar surface area (TPSA) is 120 Å². The van der Waals surface area contributed by atoms with Gasteiger partial charge in [0.25, 0.3) is 0 Å². The predicted octanol–water partition coefficient (Wildman–Crippen LogP) is 1.29. The van der Waals surface area contributed by atoms with Gasteiger partial charge in [-0.1, -0.05) is 29.8 Å². The van der Waals surface area contributed by atoms with Crippen molar-refractivity contribution in [3.05, 3.63) is 47.2 Å². The fourth-order valence-electron chi connectivity index (χ4n) is 3.52. The zero-order chi connectivity index (χ0) is 23.0. The molecule has 31 heavy (non-hydrogen) atoms. The van der Waals surface area contributed by atoms with Crippen LogP contribution in [0.1, 0.15) is 29.3 Å². The molecule has 0 spiro atoms. The van der Waals surface area contributed by atoms with Gasteiger partial charge < -0.3 is 33.9 Å². The summed E-state index contributed by atoms with van der Waals surface area (Å²) in [4.78, 5) is 25.9. The quantitative estimate of drug-likeness (QED) is 0.343. The molecular weight excluding hydrogens is 443 g/mol. The maximum Gasteiger partial charge on any atom is 0.226 e. The molecule has 170 valence electrons. The Balaban J connectivity index is 1.78. The Hall–Kier alpha value is -1.65. The Morgan fingerprint density at radius 3 is 2.65 bits per heavy atom. The van der Waals surface area contributed by atoms with E-state index in [-0.39, 0.29) is 11.7 Å². The predicted molar refractivity (Wildman–Crippen MR) is 115 cm³/mol. The first kappa shape index (κ1) is 24.0. The average Bonchev–Trinajstić information content (AvgIpc) is 3.11. The fraction of sp³-hybridized carbons (Fsp3) is 0.500. The number of methoxy groups -OCH3 is 1. The third-order valence-electron chi connectivity index (χ3n) is 5.33. The van der Waals surface area contributed by atoms with Crippen molar-refractivity contribution in [2.75, 3.05) is 20.4 Å². The van der Waals surface area contributed by atoms with Gasteiger partial charge in [0.15, 0.2) is 5.11 Å². The second-order valence-corrected chi connectivity index (χ2v) is 9.95. The van der Waals surface area contributed by atoms with Crippen LogP contribution in [0.4, 0.5) is 0 Å². The molecule has 1 saturated heterocycles. The lowest BCUT2D eigenvalue weighted by molar-refractivity contribution is -0.200. The summed E-state index contributed by atoms with van der Waals surface area (Å²) in [5, 5.41) is 13.9. The highest BCUT2D eigenvalue weighted by atomic mass is 32.1. The molecule has 2 heterocycles. The van der Waals surface area contributed by atoms with Crippen LogP contribution < -0.4 is 10.2 Å². The van der Waals surface area contributed by atoms with Crippen molar-refractivity contribution < 1.29 is 33.4 Å². The first-order valence-corrected chi connectivity index (χ1v) is 12.1. The van der Waals surface area contributed by atoms with E-state index in [1.807, 2.05) is 6.92 Å². The molecule has 3 unspecified atom stereocenters. The molecule has 9 nitrogen and oxygen atoms in total. The highest BCUT2D eigenvalue weighted by Crippen LogP contribution is 2.35. The van der Waals surface area contributed by atoms with E-state index in [4.69, 9.17) is 26.2 Å². The lowest BCUT2D eigenvalue weighted by Crippen LogP contribution is -2.62. The Morgan fingerprint density at radius 1 is 1.42 bits per heavy atom. The third kappa shape index (κ3) is 5.23. The van der Waals surface area contributed by atoms with Crippen LogP contribution in [-0.2, 0) is 18.6 Å². The highest BCUT2D eigenvalue weighted by Gasteiger charge is 2.46. The molecule has 5 atom stereocenters. The molecule has 11 heteroatoms. The van der Waals surface area contributed by atoms with Gasteiger partial charge in [-0.05, 0) is 26.1 Å². The molecular formula is C20H26N2O7PS-. The molecule has 0 aromatic heterocycles. The smallest absolute Gasteiger partial charge is 0.226 e. The molecule has 2 N–H and O–H groups in total. The zero-order valence-corrected chi connectivity index (χ0v) is 19.4. The standard InChI is InChI=1S/C20H27N2O7PS/c1-12-5-7-14(8-6-12)18(23)20(24)13(2)10-22(19(31)21-20)17-9-15(27-3)16(29-17)11-28-30(4,25)26/h5-8,10,15-17,24H,9,11H2,1-4H3,(H,21,31)(H,25,26)/p-1/t15?,16-,17-,20?/m1/s1. The molecule has 3 rings (SSSR count). The number of hydrogen-bond donors (Lipinski definition) is 2. The van der Waals surface area contributed by atoms with Gasteiger partial charge in [0.05, 0.1) is 12.7 Å². The number of benzene rings is 1. The Bertz CT molecular complexity index is 932. The van der Waals surface area contributed by atoms with Crippen molar-refractivity contribution >= 4 is 30.7 Å². The van der Waals surface area contributed by atoms with Gasteiger partial charge in [0.2, 0.25) is 11.5 Å². The summed E-state index contributed by atoms with van der Waals surface area (Å²) < 4.78 is 27.5. The summed E-state index contributed by atoms with van der Waals surface area (Å²) in [6, 6.07) is 6.88. The Morgan fingerprint density at radius 2 is 2.06 bits per heavy atom. The molecule has 0 bridgehead atoms. The monoisotopic (exact) mass is 469 g/mol. The van der Waals surface area contributed by atoms with E-state index in [1.54, 1.807) is 42.3 Å². The number of nitrogens with zero attached hydrogens (tertiary/aromatic N) is 1. The summed E-state index contributed by atoms with van der Waals surface area (Å²) >= 11 is 5.40. The number of hydrogen-bond acceptors (Lipinski definition) is 8. The van der Waals surface area contributed by atoms with Gasteiger partial charge in [-0.2, -0.15) is 0 Å². The number of ether oxygens (including phenoxy) is 2. The molecule has 1 aromatic carbocycles. The fourth-order valence-corrected chi connectivity index (χ4v) is 4.26. The van der Waals surface area contributed by atoms with E-state index in [1.165, 1.54) is 7.11 Å². The lowest BCUT2D eigenvalue weighted by Gasteiger charge is -2.40. The van der Waals surface area contributed by atoms with Gasteiger partial charge >= 0.3 is 0 Å². The number of aliphatic hydroxyl groups is 1. The van der Waals surface area contributed by atoms with Crippen molar-refractivity contribution in [3.63, 3.8) is 0 Å². The van der Waals surface area contributed by atoms with Crippen LogP contribution in [0.3, 0.4) is 0 Å². The molecule has 0 saturated carbocycles. The van der Waals surface area contributed by atoms with Crippen molar-refractivity contribution in [1.82, 2.24) is 10.2 Å². The van der Waals surface area contributed by atoms with E-state index in [0.29, 0.717) is 17.6 Å². The minimum absolute atomic E-state index is 0.0972. The second kappa shape index (κ2) is 9.07. The largest absolute Gasteiger partial charge is 0.779 e. The minimum atomic E-state index is -3.91. The number of rotatable bonds is 7. The van der Waals surface area contributed by atoms with Gasteiger partial charge in [0.1, 0.15) is 19.9 Å². The number of thiocarbonyl (C=S) groups is 1. The van der Waals surface area contributed by atoms with Crippen LogP contribution in [-0.4, -0.2) is 65.4 Å². The molecule has 1 aromatic rings. The van der Waals surface area contributed by atoms with Crippen LogP contribution >= 0.6 is 19.8 Å². The normalized spacial score (nSPS) is 30.5. The zero-order valence-electron chi connectivity index (χ0n) is 17.7. The van der Waals surface area contributed by atoms with Crippen LogP contribution in [0.5, 0.6) is 0 Å². The first-order valence-electron chi connectivity index (χ1n) is 9.69. The van der Waals surface area contributed by atoms with Gasteiger partial charge in [-0.15, -0.1) is 0 Å². The molecule has 1 fully saturated rings. The van der Waals surface area contributed by atoms with E-state index >= 15 is 0 Å². The van der Waals surface area contributed by atoms with Crippen LogP contribution in [0.15, 0.2) is 36.0 Å². The van der Waals surface area contributed by atoms with Crippen LogP contribution in [0.2, 0.25) is 0 Å². The average molecular weight is 469 g/mol. The number of ketones is 1. The Kier molecular flexibility index (Phi) is 7.02. The summed E-state index contributed by atoms with van der Waals surface area (Å²) in [6.45, 7) is 4.33. The van der Waals surface area contributed by atoms with E-state index in [9.17, 15) is 19.4 Å². The molecule has 0 amide bonds. The lowest BCUT2D eigenvalue weighted by atomic mass is 9.93. The Labute approximate surface area is 186 Å². The second-order valence-electron chi connectivity index (χ2n) is 7.76. The van der Waals surface area contributed by atoms with Gasteiger partial charge in [0, 0.05) is 37.5 Å². The third-order valence-corrected chi connectivity index (χ3v) is 6.27. The highest BCUT2D eigenvalue weighted by molar-refractivity contribution is 7.80. The van der Waals surface area contributed by atoms with Crippen LogP contribution in [0.25, 0.3) is 0 Å². The summed E-state index contributed by atoms with van der Waals surface area (Å²) in [7, 11) is -2.41. The SMILES string of the molecule is COC1C[C@H](N2C=C(C)C(O)(C(=O)c3ccc(C)cc3)NC2=S)O[C@@H]1COP(C)(=O)[O-]. The number of carbonyl (C=O) groups is 1. The van der Waals surface area contributed by atoms with Crippen molar-refractivity contribution in [1.29, 1.82) is 0 Å². The molecule has 0 aliphatic carbocycles. The van der Waals surface area contributed by atoms with Gasteiger partial charge in [-0.3, -0.25) is 9.69 Å². The van der Waals surface area contributed by atoms with E-state index in [0.717, 1.165) is 12.2 Å². The van der Waals surface area contributed by atoms with E-state index in [2.05, 4.69) is 5.32 Å². The maximum atomic E-state index is 13.0. The van der Waals surface area contributed by atoms with Crippen molar-refractivity contribution in [2.24, 2.45) is 0 Å². The molecule has 2 aliphatic rings. The first-order chi connectivity index (χ1) is 14.4. The summed E-state index contributed by atoms with van der Waals surface area (Å²) in [5.74, 6) is -0.522. The summed E-state index contributed by atoms with van der Waals surface area (Å²) in [5.41, 5.74) is -0.307.